The van der Waals surface area contributed by atoms with E-state index in [9.17, 15) is 4.79 Å². The van der Waals surface area contributed by atoms with Crippen molar-refractivity contribution in [3.8, 4) is 0 Å². The number of aromatic nitrogens is 5. The molecule has 1 saturated heterocycles. The van der Waals surface area contributed by atoms with E-state index in [1.807, 2.05) is 6.07 Å². The van der Waals surface area contributed by atoms with Crippen molar-refractivity contribution in [3.05, 3.63) is 18.6 Å². The van der Waals surface area contributed by atoms with E-state index in [1.165, 1.54) is 0 Å². The summed E-state index contributed by atoms with van der Waals surface area (Å²) in [6.45, 7) is 1.57. The highest BCUT2D eigenvalue weighted by molar-refractivity contribution is 6.07. The smallest absolute Gasteiger partial charge is 0.225 e. The predicted molar refractivity (Wildman–Crippen MR) is 93.1 cm³/mol. The second-order valence-corrected chi connectivity index (χ2v) is 6.90. The van der Waals surface area contributed by atoms with E-state index in [1.54, 1.807) is 12.5 Å². The monoisotopic (exact) mass is 337 g/mol. The minimum absolute atomic E-state index is 0.0125. The number of nitrogens with zero attached hydrogens (tertiary/aromatic N) is 5. The molecule has 1 atom stereocenters. The molecule has 8 heteroatoms. The van der Waals surface area contributed by atoms with Crippen LogP contribution >= 0.6 is 0 Å². The molecule has 2 fully saturated rings. The minimum atomic E-state index is 0.0125. The third kappa shape index (κ3) is 2.57. The summed E-state index contributed by atoms with van der Waals surface area (Å²) in [6, 6.07) is 2.34. The van der Waals surface area contributed by atoms with Crippen molar-refractivity contribution >= 4 is 33.8 Å². The molecule has 3 aromatic rings. The summed E-state index contributed by atoms with van der Waals surface area (Å²) < 4.78 is 0. The maximum atomic E-state index is 12.5. The molecular weight excluding hydrogens is 318 g/mol. The van der Waals surface area contributed by atoms with Crippen molar-refractivity contribution in [2.24, 2.45) is 5.92 Å². The van der Waals surface area contributed by atoms with Crippen LogP contribution in [0.2, 0.25) is 0 Å². The third-order valence-electron chi connectivity index (χ3n) is 5.06. The molecule has 1 saturated carbocycles. The number of hydrogen-bond donors (Lipinski definition) is 2. The molecule has 2 aliphatic rings. The Bertz CT molecular complexity index is 948. The Kier molecular flexibility index (Phi) is 3.29. The Hall–Kier alpha value is -2.77. The molecular formula is C17H19N7O. The van der Waals surface area contributed by atoms with Crippen LogP contribution in [0.5, 0.6) is 0 Å². The number of carbonyl (C=O) groups is 1. The fourth-order valence-corrected chi connectivity index (χ4v) is 3.59. The van der Waals surface area contributed by atoms with Crippen LogP contribution in [0.4, 0.5) is 5.82 Å². The molecule has 128 valence electrons. The second kappa shape index (κ2) is 5.65. The molecule has 1 aliphatic carbocycles. The lowest BCUT2D eigenvalue weighted by molar-refractivity contribution is -0.125. The first-order chi connectivity index (χ1) is 12.3. The normalized spacial score (nSPS) is 21.0. The number of fused-ring (bicyclic) bond motifs is 3. The van der Waals surface area contributed by atoms with Crippen LogP contribution in [0.1, 0.15) is 25.7 Å². The molecule has 1 unspecified atom stereocenters. The van der Waals surface area contributed by atoms with E-state index >= 15 is 0 Å². The average molecular weight is 337 g/mol. The average Bonchev–Trinajstić information content (AvgIpc) is 3.33. The van der Waals surface area contributed by atoms with Crippen LogP contribution in [0.15, 0.2) is 18.6 Å². The second-order valence-electron chi connectivity index (χ2n) is 6.90. The van der Waals surface area contributed by atoms with Gasteiger partial charge in [-0.05, 0) is 31.7 Å². The number of rotatable bonds is 3. The highest BCUT2D eigenvalue weighted by Crippen LogP contribution is 2.31. The van der Waals surface area contributed by atoms with E-state index in [0.717, 1.165) is 48.8 Å². The van der Waals surface area contributed by atoms with Crippen LogP contribution in [0, 0.1) is 5.92 Å². The maximum Gasteiger partial charge on any atom is 0.225 e. The largest absolute Gasteiger partial charge is 0.355 e. The quantitative estimate of drug-likeness (QED) is 0.749. The van der Waals surface area contributed by atoms with Gasteiger partial charge in [-0.15, -0.1) is 10.2 Å². The Morgan fingerprint density at radius 2 is 2.16 bits per heavy atom. The zero-order valence-electron chi connectivity index (χ0n) is 13.8. The van der Waals surface area contributed by atoms with E-state index < -0.39 is 0 Å². The summed E-state index contributed by atoms with van der Waals surface area (Å²) in [5.41, 5.74) is 1.31. The molecule has 8 nitrogen and oxygen atoms in total. The van der Waals surface area contributed by atoms with Crippen LogP contribution in [-0.2, 0) is 4.79 Å². The van der Waals surface area contributed by atoms with Gasteiger partial charge in [0.15, 0.2) is 11.3 Å². The Morgan fingerprint density at radius 3 is 3.04 bits per heavy atom. The van der Waals surface area contributed by atoms with Crippen molar-refractivity contribution < 1.29 is 4.79 Å². The Morgan fingerprint density at radius 1 is 1.24 bits per heavy atom. The van der Waals surface area contributed by atoms with Crippen molar-refractivity contribution in [3.63, 3.8) is 0 Å². The summed E-state index contributed by atoms with van der Waals surface area (Å²) in [5.74, 6) is 1.04. The Labute approximate surface area is 144 Å². The number of carbonyl (C=O) groups excluding carboxylic acids is 1. The van der Waals surface area contributed by atoms with Crippen molar-refractivity contribution in [1.29, 1.82) is 0 Å². The van der Waals surface area contributed by atoms with Crippen molar-refractivity contribution in [1.82, 2.24) is 30.5 Å². The van der Waals surface area contributed by atoms with E-state index in [2.05, 4.69) is 35.4 Å². The molecule has 2 N–H and O–H groups in total. The molecule has 5 rings (SSSR count). The van der Waals surface area contributed by atoms with Gasteiger partial charge in [0.25, 0.3) is 0 Å². The van der Waals surface area contributed by atoms with E-state index in [-0.39, 0.29) is 11.8 Å². The molecule has 0 radical (unpaired) electrons. The van der Waals surface area contributed by atoms with Gasteiger partial charge in [0.05, 0.1) is 17.6 Å². The first-order valence-corrected chi connectivity index (χ1v) is 8.79. The van der Waals surface area contributed by atoms with Crippen molar-refractivity contribution in [2.45, 2.75) is 31.7 Å². The van der Waals surface area contributed by atoms with Crippen LogP contribution < -0.4 is 10.2 Å². The summed E-state index contributed by atoms with van der Waals surface area (Å²) in [7, 11) is 0. The molecule has 1 aliphatic heterocycles. The maximum absolute atomic E-state index is 12.5. The standard InChI is InChI=1S/C17H19N7O/c25-17(21-11-3-4-11)10-2-1-7-24(8-10)16-13-12-5-6-18-14(12)22-23-15(13)19-9-20-16/h5-6,9-11H,1-4,7-8H2,(H,21,25)(H,19,20,23). The Balaban J connectivity index is 1.51. The third-order valence-corrected chi connectivity index (χ3v) is 5.06. The number of hydrogen-bond acceptors (Lipinski definition) is 6. The number of nitrogens with one attached hydrogen (secondary N) is 2. The van der Waals surface area contributed by atoms with Gasteiger partial charge in [0.2, 0.25) is 5.91 Å². The van der Waals surface area contributed by atoms with Crippen LogP contribution in [0.25, 0.3) is 22.1 Å². The summed E-state index contributed by atoms with van der Waals surface area (Å²) in [4.78, 5) is 26.5. The van der Waals surface area contributed by atoms with Crippen LogP contribution in [0.3, 0.4) is 0 Å². The van der Waals surface area contributed by atoms with Gasteiger partial charge < -0.3 is 15.2 Å². The molecule has 0 aromatic carbocycles. The number of anilines is 1. The highest BCUT2D eigenvalue weighted by atomic mass is 16.2. The van der Waals surface area contributed by atoms with Gasteiger partial charge in [-0.25, -0.2) is 9.97 Å². The zero-order chi connectivity index (χ0) is 16.8. The van der Waals surface area contributed by atoms with Crippen molar-refractivity contribution in [2.75, 3.05) is 18.0 Å². The fraction of sp³-hybridized carbons (Fsp3) is 0.471. The van der Waals surface area contributed by atoms with Gasteiger partial charge in [-0.1, -0.05) is 0 Å². The molecule has 4 heterocycles. The van der Waals surface area contributed by atoms with Gasteiger partial charge >= 0.3 is 0 Å². The number of piperidine rings is 1. The first kappa shape index (κ1) is 14.6. The van der Waals surface area contributed by atoms with Gasteiger partial charge in [0.1, 0.15) is 5.82 Å². The van der Waals surface area contributed by atoms with E-state index in [0.29, 0.717) is 23.9 Å². The highest BCUT2D eigenvalue weighted by Gasteiger charge is 2.31. The van der Waals surface area contributed by atoms with E-state index in [4.69, 9.17) is 0 Å². The fourth-order valence-electron chi connectivity index (χ4n) is 3.59. The minimum Gasteiger partial charge on any atom is -0.355 e. The molecule has 25 heavy (non-hydrogen) atoms. The lowest BCUT2D eigenvalue weighted by Crippen LogP contribution is -2.44. The lowest BCUT2D eigenvalue weighted by atomic mass is 9.96. The predicted octanol–water partition coefficient (Wildman–Crippen LogP) is 1.40. The first-order valence-electron chi connectivity index (χ1n) is 8.79. The SMILES string of the molecule is O=C(NC1CC1)C1CCCN(c2nc[nH]c3nnc4nccc4c23)C1. The summed E-state index contributed by atoms with van der Waals surface area (Å²) in [5, 5.41) is 13.4. The van der Waals surface area contributed by atoms with Gasteiger partial charge in [-0.2, -0.15) is 0 Å². The zero-order valence-corrected chi connectivity index (χ0v) is 13.8. The van der Waals surface area contributed by atoms with Gasteiger partial charge in [0, 0.05) is 30.7 Å². The molecule has 0 bridgehead atoms. The number of H-pyrrole nitrogens is 1. The molecule has 3 aromatic heterocycles. The number of aromatic amines is 1. The topological polar surface area (TPSA) is 99.7 Å². The van der Waals surface area contributed by atoms with Gasteiger partial charge in [-0.3, -0.25) is 4.79 Å². The number of amides is 1. The summed E-state index contributed by atoms with van der Waals surface area (Å²) >= 11 is 0. The van der Waals surface area contributed by atoms with Crippen LogP contribution in [-0.4, -0.2) is 50.2 Å². The lowest BCUT2D eigenvalue weighted by Gasteiger charge is -2.33. The molecule has 1 amide bonds. The molecule has 0 spiro atoms. The summed E-state index contributed by atoms with van der Waals surface area (Å²) in [6.07, 6.45) is 7.51.